The molecule has 0 aromatic carbocycles. The summed E-state index contributed by atoms with van der Waals surface area (Å²) in [6.45, 7) is 6.32. The number of ether oxygens (including phenoxy) is 3. The molecule has 1 unspecified atom stereocenters. The fourth-order valence-electron chi connectivity index (χ4n) is 7.07. The van der Waals surface area contributed by atoms with Crippen molar-refractivity contribution in [2.45, 2.75) is 232 Å². The summed E-state index contributed by atoms with van der Waals surface area (Å²) in [5.74, 6) is -1.00. The van der Waals surface area contributed by atoms with Crippen molar-refractivity contribution in [1.82, 2.24) is 0 Å². The molecule has 0 saturated heterocycles. The predicted octanol–water partition coefficient (Wildman–Crippen LogP) is 18.6. The Morgan fingerprint density at radius 2 is 0.580 bits per heavy atom. The van der Waals surface area contributed by atoms with E-state index in [9.17, 15) is 14.4 Å². The standard InChI is InChI=1S/C63H100O6/c1-4-7-10-13-16-19-22-24-26-28-29-30-31-32-33-35-36-38-41-44-47-50-53-56-62(65)68-59-60(58-67-61(64)55-52-49-46-43-40-21-18-15-12-9-6-3)69-63(66)57-54-51-48-45-42-39-37-34-27-25-23-20-17-14-11-8-5-2/h7-8,10-11,16-17,19-20,24-27,29-30,32-33,36-39,45,48,60H,4-6,9,12-15,18,21-23,28,31,34-35,40-44,46-47,49-59H2,1-3H3/b10-7-,11-8-,19-16-,20-17-,26-24-,27-25-,30-29-,33-32-,38-36-,39-37-,48-45-. The SMILES string of the molecule is CC/C=C\C/C=C\C/C=C\C/C=C\C/C=C\C/C=C\CCCCCCC(=O)OCC(COC(=O)CCCCCCCCCCCCC)OC(=O)CCC/C=C\C/C=C\C/C=C\C/C=C\C/C=C\CC. The molecule has 0 amide bonds. The second-order valence-corrected chi connectivity index (χ2v) is 17.7. The van der Waals surface area contributed by atoms with Crippen molar-refractivity contribution in [3.05, 3.63) is 134 Å². The van der Waals surface area contributed by atoms with Crippen LogP contribution in [0.3, 0.4) is 0 Å². The summed E-state index contributed by atoms with van der Waals surface area (Å²) < 4.78 is 16.7. The number of esters is 3. The van der Waals surface area contributed by atoms with Crippen molar-refractivity contribution in [3.63, 3.8) is 0 Å². The first-order valence-corrected chi connectivity index (χ1v) is 27.7. The summed E-state index contributed by atoms with van der Waals surface area (Å²) in [7, 11) is 0. The van der Waals surface area contributed by atoms with Crippen molar-refractivity contribution in [2.75, 3.05) is 13.2 Å². The Morgan fingerprint density at radius 3 is 0.928 bits per heavy atom. The van der Waals surface area contributed by atoms with Crippen LogP contribution in [0.25, 0.3) is 0 Å². The lowest BCUT2D eigenvalue weighted by molar-refractivity contribution is -0.167. The molecule has 0 N–H and O–H groups in total. The number of carbonyl (C=O) groups excluding carboxylic acids is 3. The van der Waals surface area contributed by atoms with Crippen LogP contribution < -0.4 is 0 Å². The minimum Gasteiger partial charge on any atom is -0.462 e. The maximum absolute atomic E-state index is 12.8. The van der Waals surface area contributed by atoms with Gasteiger partial charge in [0, 0.05) is 19.3 Å². The molecule has 6 heteroatoms. The van der Waals surface area contributed by atoms with Crippen molar-refractivity contribution in [2.24, 2.45) is 0 Å². The van der Waals surface area contributed by atoms with E-state index in [0.29, 0.717) is 19.3 Å². The Labute approximate surface area is 424 Å². The van der Waals surface area contributed by atoms with Gasteiger partial charge >= 0.3 is 17.9 Å². The molecule has 69 heavy (non-hydrogen) atoms. The maximum Gasteiger partial charge on any atom is 0.306 e. The number of carbonyl (C=O) groups is 3. The van der Waals surface area contributed by atoms with E-state index in [4.69, 9.17) is 14.2 Å². The Balaban J connectivity index is 4.49. The van der Waals surface area contributed by atoms with Gasteiger partial charge < -0.3 is 14.2 Å². The smallest absolute Gasteiger partial charge is 0.306 e. The van der Waals surface area contributed by atoms with E-state index in [-0.39, 0.29) is 37.5 Å². The number of rotatable bonds is 48. The second kappa shape index (κ2) is 56.1. The van der Waals surface area contributed by atoms with E-state index in [1.807, 2.05) is 0 Å². The molecule has 6 nitrogen and oxygen atoms in total. The molecule has 0 bridgehead atoms. The van der Waals surface area contributed by atoms with Crippen LogP contribution in [0, 0.1) is 0 Å². The van der Waals surface area contributed by atoms with Crippen LogP contribution >= 0.6 is 0 Å². The molecule has 0 aliphatic carbocycles. The molecule has 0 aromatic heterocycles. The Morgan fingerprint density at radius 1 is 0.304 bits per heavy atom. The zero-order valence-electron chi connectivity index (χ0n) is 44.3. The highest BCUT2D eigenvalue weighted by atomic mass is 16.6. The minimum absolute atomic E-state index is 0.112. The molecule has 388 valence electrons. The van der Waals surface area contributed by atoms with Crippen LogP contribution in [0.5, 0.6) is 0 Å². The maximum atomic E-state index is 12.8. The van der Waals surface area contributed by atoms with E-state index in [0.717, 1.165) is 128 Å². The molecule has 0 heterocycles. The van der Waals surface area contributed by atoms with Crippen LogP contribution in [0.4, 0.5) is 0 Å². The van der Waals surface area contributed by atoms with E-state index in [1.165, 1.54) is 51.4 Å². The predicted molar refractivity (Wildman–Crippen MR) is 297 cm³/mol. The van der Waals surface area contributed by atoms with E-state index >= 15 is 0 Å². The highest BCUT2D eigenvalue weighted by Crippen LogP contribution is 2.13. The van der Waals surface area contributed by atoms with Crippen LogP contribution in [0.2, 0.25) is 0 Å². The van der Waals surface area contributed by atoms with Crippen LogP contribution in [0.1, 0.15) is 226 Å². The molecule has 0 saturated carbocycles. The Hall–Kier alpha value is -4.45. The van der Waals surface area contributed by atoms with Crippen molar-refractivity contribution in [3.8, 4) is 0 Å². The molecule has 1 atom stereocenters. The lowest BCUT2D eigenvalue weighted by atomic mass is 10.1. The lowest BCUT2D eigenvalue weighted by Crippen LogP contribution is -2.30. The third kappa shape index (κ3) is 54.4. The van der Waals surface area contributed by atoms with Gasteiger partial charge in [-0.3, -0.25) is 14.4 Å². The Bertz CT molecular complexity index is 1510. The molecular weight excluding hydrogens is 853 g/mol. The van der Waals surface area contributed by atoms with Gasteiger partial charge in [-0.1, -0.05) is 231 Å². The third-order valence-electron chi connectivity index (χ3n) is 11.2. The quantitative estimate of drug-likeness (QED) is 0.0262. The zero-order valence-corrected chi connectivity index (χ0v) is 44.3. The van der Waals surface area contributed by atoms with Crippen molar-refractivity contribution >= 4 is 17.9 Å². The first kappa shape index (κ1) is 64.5. The molecule has 0 spiro atoms. The van der Waals surface area contributed by atoms with Gasteiger partial charge in [-0.05, 0) is 109 Å². The topological polar surface area (TPSA) is 78.9 Å². The second-order valence-electron chi connectivity index (χ2n) is 17.7. The molecule has 0 aliphatic rings. The first-order chi connectivity index (χ1) is 34.0. The average Bonchev–Trinajstić information content (AvgIpc) is 3.35. The third-order valence-corrected chi connectivity index (χ3v) is 11.2. The van der Waals surface area contributed by atoms with Gasteiger partial charge in [0.25, 0.3) is 0 Å². The van der Waals surface area contributed by atoms with E-state index in [1.54, 1.807) is 0 Å². The fraction of sp³-hybridized carbons (Fsp3) is 0.603. The average molecular weight is 953 g/mol. The van der Waals surface area contributed by atoms with Gasteiger partial charge in [-0.15, -0.1) is 0 Å². The molecule has 0 fully saturated rings. The number of allylic oxidation sites excluding steroid dienone is 22. The summed E-state index contributed by atoms with van der Waals surface area (Å²) in [6.07, 6.45) is 78.7. The lowest BCUT2D eigenvalue weighted by Gasteiger charge is -2.18. The normalized spacial score (nSPS) is 13.1. The van der Waals surface area contributed by atoms with Crippen LogP contribution in [-0.4, -0.2) is 37.2 Å². The van der Waals surface area contributed by atoms with Gasteiger partial charge in [0.05, 0.1) is 0 Å². The molecule has 0 rings (SSSR count). The minimum atomic E-state index is -0.821. The van der Waals surface area contributed by atoms with Crippen molar-refractivity contribution in [1.29, 1.82) is 0 Å². The molecular formula is C63H100O6. The van der Waals surface area contributed by atoms with Crippen molar-refractivity contribution < 1.29 is 28.6 Å². The first-order valence-electron chi connectivity index (χ1n) is 27.7. The van der Waals surface area contributed by atoms with Gasteiger partial charge in [-0.2, -0.15) is 0 Å². The van der Waals surface area contributed by atoms with Gasteiger partial charge in [0.2, 0.25) is 0 Å². The Kier molecular flexibility index (Phi) is 52.5. The number of hydrogen-bond donors (Lipinski definition) is 0. The van der Waals surface area contributed by atoms with Gasteiger partial charge in [0.1, 0.15) is 13.2 Å². The zero-order chi connectivity index (χ0) is 50.0. The highest BCUT2D eigenvalue weighted by Gasteiger charge is 2.19. The van der Waals surface area contributed by atoms with E-state index < -0.39 is 6.10 Å². The van der Waals surface area contributed by atoms with Crippen LogP contribution in [-0.2, 0) is 28.6 Å². The number of unbranched alkanes of at least 4 members (excludes halogenated alkanes) is 15. The monoisotopic (exact) mass is 953 g/mol. The fourth-order valence-corrected chi connectivity index (χ4v) is 7.07. The summed E-state index contributed by atoms with van der Waals surface area (Å²) in [5.41, 5.74) is 0. The molecule has 0 aromatic rings. The number of hydrogen-bond acceptors (Lipinski definition) is 6. The largest absolute Gasteiger partial charge is 0.462 e. The summed E-state index contributed by atoms with van der Waals surface area (Å²) in [4.78, 5) is 38.0. The van der Waals surface area contributed by atoms with Gasteiger partial charge in [-0.25, -0.2) is 0 Å². The van der Waals surface area contributed by atoms with Crippen LogP contribution in [0.15, 0.2) is 134 Å². The van der Waals surface area contributed by atoms with E-state index in [2.05, 4.69) is 154 Å². The summed E-state index contributed by atoms with van der Waals surface area (Å²) in [6, 6.07) is 0. The highest BCUT2D eigenvalue weighted by molar-refractivity contribution is 5.71. The summed E-state index contributed by atoms with van der Waals surface area (Å²) in [5, 5.41) is 0. The molecule has 0 aliphatic heterocycles. The van der Waals surface area contributed by atoms with Gasteiger partial charge in [0.15, 0.2) is 6.10 Å². The summed E-state index contributed by atoms with van der Waals surface area (Å²) >= 11 is 0. The molecule has 0 radical (unpaired) electrons.